The highest BCUT2D eigenvalue weighted by atomic mass is 16.2. The number of benzene rings is 1. The lowest BCUT2D eigenvalue weighted by atomic mass is 9.92. The summed E-state index contributed by atoms with van der Waals surface area (Å²) in [5, 5.41) is 9.08. The molecule has 3 aromatic rings. The molecule has 1 atom stereocenters. The molecule has 0 aliphatic heterocycles. The minimum absolute atomic E-state index is 0.0620. The SMILES string of the molecule is C[C@H](NC(=O)c1cc2c(n(-c3ccccc3)c1=O)CCCC2=O)c1nc(N)n[nH]1. The Kier molecular flexibility index (Phi) is 4.71. The number of carbonyl (C=O) groups excluding carboxylic acids is 2. The van der Waals surface area contributed by atoms with Gasteiger partial charge in [-0.2, -0.15) is 4.98 Å². The normalized spacial score (nSPS) is 14.3. The van der Waals surface area contributed by atoms with Gasteiger partial charge < -0.3 is 11.1 Å². The minimum Gasteiger partial charge on any atom is -0.367 e. The highest BCUT2D eigenvalue weighted by molar-refractivity contribution is 6.02. The van der Waals surface area contributed by atoms with Gasteiger partial charge in [0, 0.05) is 23.4 Å². The topological polar surface area (TPSA) is 136 Å². The summed E-state index contributed by atoms with van der Waals surface area (Å²) in [6, 6.07) is 9.88. The number of para-hydroxylation sites is 1. The number of H-pyrrole nitrogens is 1. The molecule has 29 heavy (non-hydrogen) atoms. The number of amides is 1. The van der Waals surface area contributed by atoms with Gasteiger partial charge in [-0.15, -0.1) is 5.10 Å². The van der Waals surface area contributed by atoms with E-state index in [0.29, 0.717) is 42.0 Å². The zero-order valence-corrected chi connectivity index (χ0v) is 15.8. The maximum absolute atomic E-state index is 13.2. The molecular formula is C20H20N6O3. The van der Waals surface area contributed by atoms with Crippen molar-refractivity contribution in [2.75, 3.05) is 5.73 Å². The molecule has 1 aliphatic rings. The maximum Gasteiger partial charge on any atom is 0.268 e. The van der Waals surface area contributed by atoms with Crippen LogP contribution in [0, 0.1) is 0 Å². The molecule has 1 aromatic carbocycles. The van der Waals surface area contributed by atoms with Crippen LogP contribution in [0.5, 0.6) is 0 Å². The van der Waals surface area contributed by atoms with Gasteiger partial charge in [-0.1, -0.05) is 18.2 Å². The summed E-state index contributed by atoms with van der Waals surface area (Å²) >= 11 is 0. The lowest BCUT2D eigenvalue weighted by Gasteiger charge is -2.22. The zero-order valence-electron chi connectivity index (χ0n) is 15.8. The van der Waals surface area contributed by atoms with Crippen LogP contribution in [-0.4, -0.2) is 31.4 Å². The quantitative estimate of drug-likeness (QED) is 0.616. The molecule has 0 unspecified atom stereocenters. The molecule has 148 valence electrons. The lowest BCUT2D eigenvalue weighted by molar-refractivity contribution is 0.0936. The van der Waals surface area contributed by atoms with E-state index in [4.69, 9.17) is 5.73 Å². The van der Waals surface area contributed by atoms with E-state index in [0.717, 1.165) is 0 Å². The monoisotopic (exact) mass is 392 g/mol. The Balaban J connectivity index is 1.79. The third-order valence-corrected chi connectivity index (χ3v) is 4.96. The van der Waals surface area contributed by atoms with Gasteiger partial charge in [0.1, 0.15) is 11.4 Å². The smallest absolute Gasteiger partial charge is 0.268 e. The fourth-order valence-corrected chi connectivity index (χ4v) is 3.53. The van der Waals surface area contributed by atoms with E-state index in [1.165, 1.54) is 10.6 Å². The van der Waals surface area contributed by atoms with E-state index < -0.39 is 17.5 Å². The number of nitrogens with zero attached hydrogens (tertiary/aromatic N) is 3. The summed E-state index contributed by atoms with van der Waals surface area (Å²) in [6.45, 7) is 1.69. The largest absolute Gasteiger partial charge is 0.367 e. The molecule has 0 bridgehead atoms. The van der Waals surface area contributed by atoms with Crippen molar-refractivity contribution < 1.29 is 9.59 Å². The molecule has 4 rings (SSSR count). The van der Waals surface area contributed by atoms with Crippen LogP contribution in [0.1, 0.15) is 58.0 Å². The first-order valence-corrected chi connectivity index (χ1v) is 9.32. The van der Waals surface area contributed by atoms with Crippen molar-refractivity contribution in [2.45, 2.75) is 32.2 Å². The maximum atomic E-state index is 13.2. The van der Waals surface area contributed by atoms with E-state index in [-0.39, 0.29) is 17.3 Å². The number of rotatable bonds is 4. The van der Waals surface area contributed by atoms with Crippen molar-refractivity contribution in [2.24, 2.45) is 0 Å². The van der Waals surface area contributed by atoms with Crippen molar-refractivity contribution in [3.05, 3.63) is 69.4 Å². The van der Waals surface area contributed by atoms with Crippen LogP contribution in [0.2, 0.25) is 0 Å². The molecule has 0 radical (unpaired) electrons. The van der Waals surface area contributed by atoms with Crippen molar-refractivity contribution in [1.82, 2.24) is 25.1 Å². The van der Waals surface area contributed by atoms with E-state index >= 15 is 0 Å². The first-order valence-electron chi connectivity index (χ1n) is 9.32. The Morgan fingerprint density at radius 3 is 2.69 bits per heavy atom. The van der Waals surface area contributed by atoms with Gasteiger partial charge in [0.15, 0.2) is 5.78 Å². The summed E-state index contributed by atoms with van der Waals surface area (Å²) in [4.78, 5) is 42.7. The summed E-state index contributed by atoms with van der Waals surface area (Å²) < 4.78 is 1.47. The molecule has 0 spiro atoms. The number of hydrogen-bond donors (Lipinski definition) is 3. The Morgan fingerprint density at radius 2 is 2.00 bits per heavy atom. The van der Waals surface area contributed by atoms with Gasteiger partial charge in [0.05, 0.1) is 6.04 Å². The third-order valence-electron chi connectivity index (χ3n) is 4.96. The highest BCUT2D eigenvalue weighted by Gasteiger charge is 2.27. The molecule has 9 nitrogen and oxygen atoms in total. The van der Waals surface area contributed by atoms with Crippen LogP contribution in [0.4, 0.5) is 5.95 Å². The number of ketones is 1. The summed E-state index contributed by atoms with van der Waals surface area (Å²) in [5.41, 5.74) is 6.62. The van der Waals surface area contributed by atoms with Crippen LogP contribution < -0.4 is 16.6 Å². The molecule has 4 N–H and O–H groups in total. The molecular weight excluding hydrogens is 372 g/mol. The van der Waals surface area contributed by atoms with Crippen molar-refractivity contribution >= 4 is 17.6 Å². The van der Waals surface area contributed by atoms with E-state index in [1.54, 1.807) is 19.1 Å². The number of nitrogen functional groups attached to an aromatic ring is 1. The van der Waals surface area contributed by atoms with E-state index in [2.05, 4.69) is 20.5 Å². The molecule has 2 heterocycles. The van der Waals surface area contributed by atoms with Gasteiger partial charge in [-0.25, -0.2) is 0 Å². The van der Waals surface area contributed by atoms with Crippen molar-refractivity contribution in [1.29, 1.82) is 0 Å². The van der Waals surface area contributed by atoms with Crippen LogP contribution >= 0.6 is 0 Å². The number of aromatic nitrogens is 4. The molecule has 0 fully saturated rings. The zero-order chi connectivity index (χ0) is 20.5. The Bertz CT molecular complexity index is 1150. The van der Waals surface area contributed by atoms with Crippen LogP contribution in [-0.2, 0) is 6.42 Å². The van der Waals surface area contributed by atoms with Crippen LogP contribution in [0.25, 0.3) is 5.69 Å². The first-order chi connectivity index (χ1) is 14.0. The van der Waals surface area contributed by atoms with E-state index in [1.807, 2.05) is 18.2 Å². The van der Waals surface area contributed by atoms with Gasteiger partial charge in [0.2, 0.25) is 5.95 Å². The number of aromatic amines is 1. The average Bonchev–Trinajstić information content (AvgIpc) is 3.15. The number of nitrogens with two attached hydrogens (primary N) is 1. The first kappa shape index (κ1) is 18.6. The molecule has 1 aliphatic carbocycles. The number of pyridine rings is 1. The predicted molar refractivity (Wildman–Crippen MR) is 106 cm³/mol. The molecule has 0 saturated carbocycles. The number of nitrogens with one attached hydrogen (secondary N) is 2. The number of fused-ring (bicyclic) bond motifs is 1. The third kappa shape index (κ3) is 3.42. The number of Topliss-reactive ketones (excluding diaryl/α,β-unsaturated/α-hetero) is 1. The minimum atomic E-state index is -0.594. The predicted octanol–water partition coefficient (Wildman–Crippen LogP) is 1.55. The van der Waals surface area contributed by atoms with Crippen molar-refractivity contribution in [3.8, 4) is 5.69 Å². The number of carbonyl (C=O) groups is 2. The summed E-state index contributed by atoms with van der Waals surface area (Å²) in [5.74, 6) is -0.232. The lowest BCUT2D eigenvalue weighted by Crippen LogP contribution is -2.37. The molecule has 1 amide bonds. The Morgan fingerprint density at radius 1 is 1.24 bits per heavy atom. The highest BCUT2D eigenvalue weighted by Crippen LogP contribution is 2.23. The molecule has 0 saturated heterocycles. The second-order valence-corrected chi connectivity index (χ2v) is 6.95. The van der Waals surface area contributed by atoms with Crippen LogP contribution in [0.3, 0.4) is 0 Å². The summed E-state index contributed by atoms with van der Waals surface area (Å²) in [7, 11) is 0. The van der Waals surface area contributed by atoms with Gasteiger partial charge >= 0.3 is 0 Å². The molecule has 2 aromatic heterocycles. The van der Waals surface area contributed by atoms with Crippen molar-refractivity contribution in [3.63, 3.8) is 0 Å². The van der Waals surface area contributed by atoms with Crippen LogP contribution in [0.15, 0.2) is 41.2 Å². The number of anilines is 1. The van der Waals surface area contributed by atoms with E-state index in [9.17, 15) is 14.4 Å². The molecule has 9 heteroatoms. The fourth-order valence-electron chi connectivity index (χ4n) is 3.53. The van der Waals surface area contributed by atoms with Gasteiger partial charge in [-0.3, -0.25) is 24.0 Å². The second kappa shape index (κ2) is 7.34. The Labute approximate surface area is 166 Å². The van der Waals surface area contributed by atoms with Gasteiger partial charge in [-0.05, 0) is 38.0 Å². The summed E-state index contributed by atoms with van der Waals surface area (Å²) in [6.07, 6.45) is 1.67. The fraction of sp³-hybridized carbons (Fsp3) is 0.250. The average molecular weight is 392 g/mol. The number of hydrogen-bond acceptors (Lipinski definition) is 6. The standard InChI is InChI=1S/C20H20N6O3/c1-11(17-23-20(21)25-24-17)22-18(28)14-10-13-15(8-5-9-16(13)27)26(19(14)29)12-6-3-2-4-7-12/h2-4,6-7,10-11H,5,8-9H2,1H3,(H,22,28)(H3,21,23,24,25)/t11-/m0/s1. The Hall–Kier alpha value is -3.75. The second-order valence-electron chi connectivity index (χ2n) is 6.95. The van der Waals surface area contributed by atoms with Gasteiger partial charge in [0.25, 0.3) is 11.5 Å².